The molecule has 0 radical (unpaired) electrons. The molecule has 1 aromatic carbocycles. The fourth-order valence-electron chi connectivity index (χ4n) is 1.49. The topological polar surface area (TPSA) is 38.0 Å². The number of hydrogen-bond acceptors (Lipinski definition) is 2. The zero-order valence-corrected chi connectivity index (χ0v) is 9.53. The molecule has 1 aromatic rings. The summed E-state index contributed by atoms with van der Waals surface area (Å²) in [7, 11) is 0. The molecule has 0 spiro atoms. The van der Waals surface area contributed by atoms with Crippen LogP contribution in [0.15, 0.2) is 42.1 Å². The van der Waals surface area contributed by atoms with Gasteiger partial charge in [-0.2, -0.15) is 0 Å². The van der Waals surface area contributed by atoms with Gasteiger partial charge in [0.05, 0.1) is 0 Å². The van der Waals surface area contributed by atoms with Gasteiger partial charge in [0.1, 0.15) is 0 Å². The third-order valence-electron chi connectivity index (χ3n) is 2.53. The molecular formula is C13H20N2. The molecule has 0 aliphatic carbocycles. The highest BCUT2D eigenvalue weighted by atomic mass is 14.9. The van der Waals surface area contributed by atoms with Crippen LogP contribution in [0.2, 0.25) is 0 Å². The molecule has 2 nitrogen and oxygen atoms in total. The Bertz CT molecular complexity index is 304. The first kappa shape index (κ1) is 11.8. The van der Waals surface area contributed by atoms with Crippen molar-refractivity contribution in [2.24, 2.45) is 11.7 Å². The van der Waals surface area contributed by atoms with Crippen LogP contribution in [0.4, 0.5) is 0 Å². The maximum atomic E-state index is 5.64. The highest BCUT2D eigenvalue weighted by Crippen LogP contribution is 2.07. The van der Waals surface area contributed by atoms with Crippen LogP contribution in [-0.4, -0.2) is 6.54 Å². The molecule has 1 atom stereocenters. The molecule has 82 valence electrons. The lowest BCUT2D eigenvalue weighted by Gasteiger charge is -2.16. The second-order valence-corrected chi connectivity index (χ2v) is 3.72. The maximum absolute atomic E-state index is 5.64. The average molecular weight is 204 g/mol. The number of benzene rings is 1. The molecule has 0 fully saturated rings. The molecule has 3 N–H and O–H groups in total. The number of nitrogens with two attached hydrogens (primary N) is 1. The van der Waals surface area contributed by atoms with E-state index in [0.29, 0.717) is 12.5 Å². The highest BCUT2D eigenvalue weighted by Gasteiger charge is 2.04. The first-order valence-corrected chi connectivity index (χ1v) is 5.42. The van der Waals surface area contributed by atoms with Crippen LogP contribution in [0.5, 0.6) is 0 Å². The summed E-state index contributed by atoms with van der Waals surface area (Å²) in [5.41, 5.74) is 8.15. The molecule has 1 rings (SSSR count). The Morgan fingerprint density at radius 3 is 2.60 bits per heavy atom. The van der Waals surface area contributed by atoms with Gasteiger partial charge >= 0.3 is 0 Å². The van der Waals surface area contributed by atoms with E-state index in [1.165, 1.54) is 11.3 Å². The highest BCUT2D eigenvalue weighted by molar-refractivity contribution is 5.16. The van der Waals surface area contributed by atoms with Crippen molar-refractivity contribution in [1.82, 2.24) is 5.32 Å². The Morgan fingerprint density at radius 2 is 2.07 bits per heavy atom. The lowest BCUT2D eigenvalue weighted by molar-refractivity contribution is 0.611. The second kappa shape index (κ2) is 6.25. The van der Waals surface area contributed by atoms with E-state index in [1.807, 2.05) is 13.0 Å². The summed E-state index contributed by atoms with van der Waals surface area (Å²) in [5, 5.41) is 3.42. The minimum Gasteiger partial charge on any atom is -0.384 e. The van der Waals surface area contributed by atoms with Crippen molar-refractivity contribution in [1.29, 1.82) is 0 Å². The van der Waals surface area contributed by atoms with E-state index in [-0.39, 0.29) is 0 Å². The van der Waals surface area contributed by atoms with Crippen LogP contribution < -0.4 is 11.1 Å². The molecular weight excluding hydrogens is 184 g/mol. The summed E-state index contributed by atoms with van der Waals surface area (Å²) in [6.07, 6.45) is 2.10. The minimum atomic E-state index is 0.402. The number of nitrogens with one attached hydrogen (secondary N) is 1. The lowest BCUT2D eigenvalue weighted by atomic mass is 10.1. The van der Waals surface area contributed by atoms with Crippen molar-refractivity contribution in [3.63, 3.8) is 0 Å². The Hall–Kier alpha value is -1.28. The van der Waals surface area contributed by atoms with Crippen LogP contribution in [0.1, 0.15) is 19.4 Å². The van der Waals surface area contributed by atoms with Gasteiger partial charge in [-0.1, -0.05) is 43.3 Å². The molecule has 1 unspecified atom stereocenters. The molecule has 15 heavy (non-hydrogen) atoms. The lowest BCUT2D eigenvalue weighted by Crippen LogP contribution is -2.23. The number of hydrogen-bond donors (Lipinski definition) is 2. The predicted octanol–water partition coefficient (Wildman–Crippen LogP) is 2.27. The SMILES string of the molecule is C/C=C(/NCc1ccccc1)C(C)CN. The van der Waals surface area contributed by atoms with Crippen LogP contribution in [0, 0.1) is 5.92 Å². The molecule has 0 saturated carbocycles. The Kier molecular flexibility index (Phi) is 4.91. The van der Waals surface area contributed by atoms with Crippen molar-refractivity contribution in [3.05, 3.63) is 47.7 Å². The zero-order valence-electron chi connectivity index (χ0n) is 9.53. The molecule has 0 heterocycles. The van der Waals surface area contributed by atoms with E-state index >= 15 is 0 Å². The standard InChI is InChI=1S/C13H20N2/c1-3-13(11(2)9-14)15-10-12-7-5-4-6-8-12/h3-8,11,15H,9-10,14H2,1-2H3/b13-3+. The quantitative estimate of drug-likeness (QED) is 0.772. The van der Waals surface area contributed by atoms with Gasteiger partial charge in [0.2, 0.25) is 0 Å². The largest absolute Gasteiger partial charge is 0.384 e. The molecule has 0 aliphatic heterocycles. The van der Waals surface area contributed by atoms with Gasteiger partial charge < -0.3 is 11.1 Å². The maximum Gasteiger partial charge on any atom is 0.0397 e. The average Bonchev–Trinajstić information content (AvgIpc) is 2.31. The van der Waals surface area contributed by atoms with Crippen LogP contribution in [0.25, 0.3) is 0 Å². The summed E-state index contributed by atoms with van der Waals surface area (Å²) in [6, 6.07) is 10.4. The zero-order chi connectivity index (χ0) is 11.1. The van der Waals surface area contributed by atoms with Gasteiger partial charge in [0.25, 0.3) is 0 Å². The summed E-state index contributed by atoms with van der Waals surface area (Å²) in [5.74, 6) is 0.402. The van der Waals surface area contributed by atoms with Crippen LogP contribution in [-0.2, 0) is 6.54 Å². The van der Waals surface area contributed by atoms with Crippen LogP contribution in [0.3, 0.4) is 0 Å². The van der Waals surface area contributed by atoms with E-state index in [4.69, 9.17) is 5.73 Å². The molecule has 0 saturated heterocycles. The molecule has 0 aromatic heterocycles. The van der Waals surface area contributed by atoms with Gasteiger partial charge in [0, 0.05) is 24.7 Å². The summed E-state index contributed by atoms with van der Waals surface area (Å²) < 4.78 is 0. The monoisotopic (exact) mass is 204 g/mol. The number of rotatable bonds is 5. The van der Waals surface area contributed by atoms with Crippen LogP contribution >= 0.6 is 0 Å². The molecule has 0 amide bonds. The predicted molar refractivity (Wildman–Crippen MR) is 65.3 cm³/mol. The van der Waals surface area contributed by atoms with E-state index < -0.39 is 0 Å². The summed E-state index contributed by atoms with van der Waals surface area (Å²) in [4.78, 5) is 0. The Morgan fingerprint density at radius 1 is 1.40 bits per heavy atom. The van der Waals surface area contributed by atoms with Gasteiger partial charge in [-0.25, -0.2) is 0 Å². The number of allylic oxidation sites excluding steroid dienone is 1. The minimum absolute atomic E-state index is 0.402. The first-order chi connectivity index (χ1) is 7.27. The second-order valence-electron chi connectivity index (χ2n) is 3.72. The van der Waals surface area contributed by atoms with E-state index in [1.54, 1.807) is 0 Å². The summed E-state index contributed by atoms with van der Waals surface area (Å²) in [6.45, 7) is 5.72. The molecule has 2 heteroatoms. The van der Waals surface area contributed by atoms with Gasteiger partial charge in [-0.3, -0.25) is 0 Å². The third-order valence-corrected chi connectivity index (χ3v) is 2.53. The van der Waals surface area contributed by atoms with Crippen molar-refractivity contribution >= 4 is 0 Å². The van der Waals surface area contributed by atoms with Crippen molar-refractivity contribution in [2.45, 2.75) is 20.4 Å². The Labute approximate surface area is 92.2 Å². The fraction of sp³-hybridized carbons (Fsp3) is 0.385. The first-order valence-electron chi connectivity index (χ1n) is 5.42. The van der Waals surface area contributed by atoms with E-state index in [9.17, 15) is 0 Å². The van der Waals surface area contributed by atoms with Crippen molar-refractivity contribution in [3.8, 4) is 0 Å². The fourth-order valence-corrected chi connectivity index (χ4v) is 1.49. The van der Waals surface area contributed by atoms with Crippen molar-refractivity contribution < 1.29 is 0 Å². The summed E-state index contributed by atoms with van der Waals surface area (Å²) >= 11 is 0. The Balaban J connectivity index is 2.49. The van der Waals surface area contributed by atoms with Gasteiger partial charge in [0.15, 0.2) is 0 Å². The third kappa shape index (κ3) is 3.76. The molecule has 0 aliphatic rings. The van der Waals surface area contributed by atoms with Gasteiger partial charge in [-0.05, 0) is 12.5 Å². The van der Waals surface area contributed by atoms with E-state index in [0.717, 1.165) is 6.54 Å². The van der Waals surface area contributed by atoms with Crippen molar-refractivity contribution in [2.75, 3.05) is 6.54 Å². The smallest absolute Gasteiger partial charge is 0.0397 e. The van der Waals surface area contributed by atoms with Gasteiger partial charge in [-0.15, -0.1) is 0 Å². The molecule has 0 bridgehead atoms. The van der Waals surface area contributed by atoms with E-state index in [2.05, 4.69) is 42.6 Å². The normalized spacial score (nSPS) is 13.7.